The number of nitrogens with one attached hydrogen (secondary N) is 2. The maximum absolute atomic E-state index is 12.5. The van der Waals surface area contributed by atoms with Crippen molar-refractivity contribution in [2.75, 3.05) is 24.9 Å². The van der Waals surface area contributed by atoms with Crippen molar-refractivity contribution in [3.63, 3.8) is 0 Å². The number of para-hydroxylation sites is 1. The molecule has 0 aromatic heterocycles. The van der Waals surface area contributed by atoms with Crippen LogP contribution in [0.1, 0.15) is 18.1 Å². The molecule has 0 fully saturated rings. The molecule has 0 saturated carbocycles. The minimum atomic E-state index is -0.539. The third-order valence-electron chi connectivity index (χ3n) is 4.12. The molecule has 2 aromatic carbocycles. The number of rotatable bonds is 7. The van der Waals surface area contributed by atoms with Crippen molar-refractivity contribution in [2.45, 2.75) is 20.3 Å². The van der Waals surface area contributed by atoms with Crippen LogP contribution in [0.2, 0.25) is 0 Å². The average molecular weight is 365 g/mol. The number of benzene rings is 2. The molecule has 0 radical (unpaired) electrons. The van der Waals surface area contributed by atoms with Gasteiger partial charge >= 0.3 is 0 Å². The first kappa shape index (κ1) is 19.9. The molecule has 0 spiro atoms. The summed E-state index contributed by atoms with van der Waals surface area (Å²) >= 11 is 0. The van der Waals surface area contributed by atoms with Gasteiger partial charge in [0.05, 0.1) is 19.9 Å². The summed E-state index contributed by atoms with van der Waals surface area (Å²) in [6, 6.07) is 12.9. The van der Waals surface area contributed by atoms with Crippen LogP contribution in [0.3, 0.4) is 0 Å². The minimum Gasteiger partial charge on any atom is -0.497 e. The lowest BCUT2D eigenvalue weighted by molar-refractivity contribution is -0.112. The second-order valence-corrected chi connectivity index (χ2v) is 5.80. The predicted octanol–water partition coefficient (Wildman–Crippen LogP) is 4.03. The minimum absolute atomic E-state index is 0.0508. The van der Waals surface area contributed by atoms with Gasteiger partial charge in [-0.1, -0.05) is 25.1 Å². The molecule has 1 amide bonds. The van der Waals surface area contributed by atoms with Crippen LogP contribution >= 0.6 is 0 Å². The number of carbonyl (C=O) groups excluding carboxylic acids is 1. The second-order valence-electron chi connectivity index (χ2n) is 5.80. The van der Waals surface area contributed by atoms with Gasteiger partial charge in [-0.25, -0.2) is 0 Å². The number of hydrogen-bond acceptors (Lipinski definition) is 5. The molecule has 140 valence electrons. The van der Waals surface area contributed by atoms with E-state index in [1.165, 1.54) is 20.4 Å². The number of nitriles is 1. The molecule has 27 heavy (non-hydrogen) atoms. The van der Waals surface area contributed by atoms with Crippen molar-refractivity contribution in [3.05, 3.63) is 59.3 Å². The van der Waals surface area contributed by atoms with E-state index in [0.29, 0.717) is 17.2 Å². The van der Waals surface area contributed by atoms with Gasteiger partial charge in [-0.3, -0.25) is 4.79 Å². The summed E-state index contributed by atoms with van der Waals surface area (Å²) in [5.41, 5.74) is 3.43. The lowest BCUT2D eigenvalue weighted by Crippen LogP contribution is -2.15. The summed E-state index contributed by atoms with van der Waals surface area (Å²) in [6.07, 6.45) is 2.26. The number of methoxy groups -OCH3 is 2. The Morgan fingerprint density at radius 2 is 2.00 bits per heavy atom. The molecule has 6 nitrogen and oxygen atoms in total. The van der Waals surface area contributed by atoms with Gasteiger partial charge in [0, 0.05) is 18.0 Å². The zero-order valence-corrected chi connectivity index (χ0v) is 15.9. The predicted molar refractivity (Wildman–Crippen MR) is 106 cm³/mol. The third-order valence-corrected chi connectivity index (χ3v) is 4.12. The Morgan fingerprint density at radius 1 is 1.22 bits per heavy atom. The van der Waals surface area contributed by atoms with Crippen LogP contribution in [-0.2, 0) is 11.2 Å². The van der Waals surface area contributed by atoms with Crippen molar-refractivity contribution in [1.82, 2.24) is 0 Å². The molecule has 0 aliphatic rings. The Balaban J connectivity index is 2.25. The molecule has 2 rings (SSSR count). The molecule has 6 heteroatoms. The molecule has 0 bridgehead atoms. The zero-order chi connectivity index (χ0) is 19.8. The SMILES string of the molecule is CCc1cccc(C)c1N/C=C(/C#N)C(=O)Nc1cc(OC)ccc1OC. The smallest absolute Gasteiger partial charge is 0.267 e. The molecule has 0 unspecified atom stereocenters. The van der Waals surface area contributed by atoms with Gasteiger partial charge in [-0.05, 0) is 36.6 Å². The molecular formula is C21H23N3O3. The number of ether oxygens (including phenoxy) is 2. The van der Waals surface area contributed by atoms with Crippen LogP contribution in [0.25, 0.3) is 0 Å². The van der Waals surface area contributed by atoms with Gasteiger partial charge in [0.25, 0.3) is 5.91 Å². The van der Waals surface area contributed by atoms with Crippen molar-refractivity contribution >= 4 is 17.3 Å². The Hall–Kier alpha value is -3.46. The van der Waals surface area contributed by atoms with Crippen LogP contribution in [0.15, 0.2) is 48.2 Å². The lowest BCUT2D eigenvalue weighted by Gasteiger charge is -2.13. The highest BCUT2D eigenvalue weighted by Gasteiger charge is 2.14. The zero-order valence-electron chi connectivity index (χ0n) is 15.9. The molecular weight excluding hydrogens is 342 g/mol. The van der Waals surface area contributed by atoms with Crippen LogP contribution in [0.5, 0.6) is 11.5 Å². The Bertz CT molecular complexity index is 898. The monoisotopic (exact) mass is 365 g/mol. The maximum atomic E-state index is 12.5. The number of hydrogen-bond donors (Lipinski definition) is 2. The Labute approximate surface area is 159 Å². The Morgan fingerprint density at radius 3 is 2.63 bits per heavy atom. The fourth-order valence-corrected chi connectivity index (χ4v) is 2.62. The maximum Gasteiger partial charge on any atom is 0.267 e. The van der Waals surface area contributed by atoms with Gasteiger partial charge < -0.3 is 20.1 Å². The van der Waals surface area contributed by atoms with E-state index in [4.69, 9.17) is 9.47 Å². The van der Waals surface area contributed by atoms with Crippen molar-refractivity contribution in [2.24, 2.45) is 0 Å². The van der Waals surface area contributed by atoms with Gasteiger partial charge in [0.2, 0.25) is 0 Å². The number of amides is 1. The fourth-order valence-electron chi connectivity index (χ4n) is 2.62. The van der Waals surface area contributed by atoms with E-state index in [9.17, 15) is 10.1 Å². The van der Waals surface area contributed by atoms with Crippen molar-refractivity contribution in [3.8, 4) is 17.6 Å². The number of anilines is 2. The topological polar surface area (TPSA) is 83.4 Å². The van der Waals surface area contributed by atoms with E-state index in [1.807, 2.05) is 31.2 Å². The van der Waals surface area contributed by atoms with Crippen LogP contribution in [0, 0.1) is 18.3 Å². The first-order chi connectivity index (χ1) is 13.0. The molecule has 0 saturated heterocycles. The summed E-state index contributed by atoms with van der Waals surface area (Å²) < 4.78 is 10.4. The first-order valence-electron chi connectivity index (χ1n) is 8.52. The van der Waals surface area contributed by atoms with Gasteiger partial charge in [-0.15, -0.1) is 0 Å². The number of aryl methyl sites for hydroxylation is 2. The van der Waals surface area contributed by atoms with E-state index in [2.05, 4.69) is 17.6 Å². The van der Waals surface area contributed by atoms with Crippen molar-refractivity contribution < 1.29 is 14.3 Å². The number of carbonyl (C=O) groups is 1. The molecule has 0 heterocycles. The van der Waals surface area contributed by atoms with Gasteiger partial charge in [-0.2, -0.15) is 5.26 Å². The lowest BCUT2D eigenvalue weighted by atomic mass is 10.1. The average Bonchev–Trinajstić information content (AvgIpc) is 2.69. The summed E-state index contributed by atoms with van der Waals surface area (Å²) in [5.74, 6) is 0.504. The van der Waals surface area contributed by atoms with E-state index in [1.54, 1.807) is 18.2 Å². The molecule has 0 aliphatic carbocycles. The molecule has 2 aromatic rings. The number of nitrogens with zero attached hydrogens (tertiary/aromatic N) is 1. The van der Waals surface area contributed by atoms with Crippen molar-refractivity contribution in [1.29, 1.82) is 5.26 Å². The highest BCUT2D eigenvalue weighted by molar-refractivity contribution is 6.07. The van der Waals surface area contributed by atoms with E-state index < -0.39 is 5.91 Å². The molecule has 0 aliphatic heterocycles. The summed E-state index contributed by atoms with van der Waals surface area (Å²) in [7, 11) is 3.04. The third kappa shape index (κ3) is 4.79. The van der Waals surface area contributed by atoms with Gasteiger partial charge in [0.1, 0.15) is 23.1 Å². The summed E-state index contributed by atoms with van der Waals surface area (Å²) in [6.45, 7) is 4.03. The highest BCUT2D eigenvalue weighted by atomic mass is 16.5. The van der Waals surface area contributed by atoms with Crippen LogP contribution in [-0.4, -0.2) is 20.1 Å². The normalized spacial score (nSPS) is 10.7. The van der Waals surface area contributed by atoms with Crippen LogP contribution in [0.4, 0.5) is 11.4 Å². The van der Waals surface area contributed by atoms with E-state index in [-0.39, 0.29) is 5.57 Å². The Kier molecular flexibility index (Phi) is 6.84. The van der Waals surface area contributed by atoms with E-state index >= 15 is 0 Å². The standard InChI is InChI=1S/C21H23N3O3/c1-5-15-8-6-7-14(2)20(15)23-13-16(12-22)21(25)24-18-11-17(26-3)9-10-19(18)27-4/h6-11,13,23H,5H2,1-4H3,(H,24,25)/b16-13-. The first-order valence-corrected chi connectivity index (χ1v) is 8.52. The largest absolute Gasteiger partial charge is 0.497 e. The van der Waals surface area contributed by atoms with E-state index in [0.717, 1.165) is 23.2 Å². The van der Waals surface area contributed by atoms with Crippen LogP contribution < -0.4 is 20.1 Å². The summed E-state index contributed by atoms with van der Waals surface area (Å²) in [4.78, 5) is 12.5. The highest BCUT2D eigenvalue weighted by Crippen LogP contribution is 2.29. The molecule has 0 atom stereocenters. The van der Waals surface area contributed by atoms with Gasteiger partial charge in [0.15, 0.2) is 0 Å². The molecule has 2 N–H and O–H groups in total. The fraction of sp³-hybridized carbons (Fsp3) is 0.238. The second kappa shape index (κ2) is 9.30. The quantitative estimate of drug-likeness (QED) is 0.572. The summed E-state index contributed by atoms with van der Waals surface area (Å²) in [5, 5.41) is 15.2.